The van der Waals surface area contributed by atoms with Gasteiger partial charge in [-0.25, -0.2) is 0 Å². The zero-order valence-corrected chi connectivity index (χ0v) is 14.6. The molecule has 134 valence electrons. The number of nitrogens with zero attached hydrogens (tertiary/aromatic N) is 2. The van der Waals surface area contributed by atoms with Gasteiger partial charge in [-0.3, -0.25) is 14.9 Å². The van der Waals surface area contributed by atoms with E-state index in [9.17, 15) is 14.9 Å². The molecule has 2 aromatic carbocycles. The third kappa shape index (κ3) is 3.03. The average molecular weight is 351 g/mol. The van der Waals surface area contributed by atoms with Crippen LogP contribution < -0.4 is 10.2 Å². The van der Waals surface area contributed by atoms with Crippen molar-refractivity contribution in [2.75, 3.05) is 11.9 Å². The Kier molecular flexibility index (Phi) is 4.11. The third-order valence-electron chi connectivity index (χ3n) is 5.30. The number of anilines is 1. The van der Waals surface area contributed by atoms with Gasteiger partial charge in [0.15, 0.2) is 0 Å². The Morgan fingerprint density at radius 2 is 1.96 bits per heavy atom. The van der Waals surface area contributed by atoms with E-state index in [1.807, 2.05) is 24.1 Å². The molecule has 2 aliphatic carbocycles. The summed E-state index contributed by atoms with van der Waals surface area (Å²) in [7, 11) is 1.89. The lowest BCUT2D eigenvalue weighted by atomic mass is 10.1. The number of nitrogens with one attached hydrogen (secondary N) is 1. The summed E-state index contributed by atoms with van der Waals surface area (Å²) in [6.07, 6.45) is 3.86. The van der Waals surface area contributed by atoms with Crippen molar-refractivity contribution in [3.63, 3.8) is 0 Å². The first-order valence-electron chi connectivity index (χ1n) is 8.94. The van der Waals surface area contributed by atoms with Gasteiger partial charge in [0.25, 0.3) is 11.6 Å². The van der Waals surface area contributed by atoms with Crippen molar-refractivity contribution in [1.82, 2.24) is 5.32 Å². The number of nitro groups is 1. The van der Waals surface area contributed by atoms with Gasteiger partial charge in [0.2, 0.25) is 0 Å². The number of hydrogen-bond acceptors (Lipinski definition) is 4. The molecule has 0 aromatic heterocycles. The first-order valence-corrected chi connectivity index (χ1v) is 8.94. The molecule has 2 aliphatic rings. The molecule has 0 spiro atoms. The van der Waals surface area contributed by atoms with Crippen LogP contribution in [0.3, 0.4) is 0 Å². The summed E-state index contributed by atoms with van der Waals surface area (Å²) < 4.78 is 0. The molecule has 2 aromatic rings. The molecule has 0 aliphatic heterocycles. The molecule has 1 saturated carbocycles. The summed E-state index contributed by atoms with van der Waals surface area (Å²) in [5.74, 6) is -0.240. The lowest BCUT2D eigenvalue weighted by molar-refractivity contribution is -0.384. The maximum absolute atomic E-state index is 12.2. The molecule has 1 unspecified atom stereocenters. The van der Waals surface area contributed by atoms with E-state index in [1.54, 1.807) is 12.1 Å². The van der Waals surface area contributed by atoms with Gasteiger partial charge in [0, 0.05) is 24.7 Å². The third-order valence-corrected chi connectivity index (χ3v) is 5.30. The maximum Gasteiger partial charge on any atom is 0.293 e. The molecule has 6 nitrogen and oxygen atoms in total. The molecule has 1 atom stereocenters. The van der Waals surface area contributed by atoms with Gasteiger partial charge in [0.1, 0.15) is 5.69 Å². The van der Waals surface area contributed by atoms with Crippen LogP contribution in [0.15, 0.2) is 42.5 Å². The van der Waals surface area contributed by atoms with Crippen LogP contribution in [0.5, 0.6) is 0 Å². The largest absolute Gasteiger partial charge is 0.362 e. The van der Waals surface area contributed by atoms with Crippen molar-refractivity contribution < 1.29 is 9.72 Å². The summed E-state index contributed by atoms with van der Waals surface area (Å²) >= 11 is 0. The van der Waals surface area contributed by atoms with Gasteiger partial charge < -0.3 is 10.2 Å². The van der Waals surface area contributed by atoms with E-state index in [4.69, 9.17) is 0 Å². The molecular formula is C20H21N3O3. The van der Waals surface area contributed by atoms with Gasteiger partial charge in [-0.05, 0) is 48.9 Å². The van der Waals surface area contributed by atoms with Crippen LogP contribution >= 0.6 is 0 Å². The van der Waals surface area contributed by atoms with Crippen LogP contribution in [0.25, 0.3) is 0 Å². The van der Waals surface area contributed by atoms with Crippen LogP contribution in [0.1, 0.15) is 46.8 Å². The highest BCUT2D eigenvalue weighted by molar-refractivity contribution is 5.96. The first-order chi connectivity index (χ1) is 12.5. The Labute approximate surface area is 152 Å². The van der Waals surface area contributed by atoms with E-state index < -0.39 is 4.92 Å². The van der Waals surface area contributed by atoms with Crippen molar-refractivity contribution in [2.24, 2.45) is 0 Å². The second-order valence-electron chi connectivity index (χ2n) is 7.07. The van der Waals surface area contributed by atoms with Crippen molar-refractivity contribution in [3.8, 4) is 0 Å². The van der Waals surface area contributed by atoms with Crippen molar-refractivity contribution in [3.05, 3.63) is 69.3 Å². The molecule has 4 rings (SSSR count). The highest BCUT2D eigenvalue weighted by Gasteiger charge is 2.30. The van der Waals surface area contributed by atoms with Gasteiger partial charge in [-0.15, -0.1) is 0 Å². The fraction of sp³-hybridized carbons (Fsp3) is 0.350. The molecule has 26 heavy (non-hydrogen) atoms. The Bertz CT molecular complexity index is 876. The number of hydrogen-bond donors (Lipinski definition) is 1. The zero-order chi connectivity index (χ0) is 18.3. The fourth-order valence-electron chi connectivity index (χ4n) is 3.71. The number of amides is 1. The molecule has 1 N–H and O–H groups in total. The normalized spacial score (nSPS) is 18.3. The Morgan fingerprint density at radius 3 is 2.69 bits per heavy atom. The monoisotopic (exact) mass is 351 g/mol. The van der Waals surface area contributed by atoms with Gasteiger partial charge in [-0.2, -0.15) is 0 Å². The lowest BCUT2D eigenvalue weighted by Crippen LogP contribution is -2.26. The van der Waals surface area contributed by atoms with Crippen LogP contribution in [0.4, 0.5) is 11.4 Å². The van der Waals surface area contributed by atoms with Crippen molar-refractivity contribution >= 4 is 17.3 Å². The molecule has 0 heterocycles. The topological polar surface area (TPSA) is 75.5 Å². The van der Waals surface area contributed by atoms with Gasteiger partial charge in [-0.1, -0.05) is 24.3 Å². The highest BCUT2D eigenvalue weighted by Crippen LogP contribution is 2.40. The molecule has 0 bridgehead atoms. The van der Waals surface area contributed by atoms with E-state index in [1.165, 1.54) is 17.2 Å². The van der Waals surface area contributed by atoms with Gasteiger partial charge in [0.05, 0.1) is 11.0 Å². The minimum absolute atomic E-state index is 0.0275. The predicted molar refractivity (Wildman–Crippen MR) is 99.5 cm³/mol. The molecule has 0 saturated heterocycles. The fourth-order valence-corrected chi connectivity index (χ4v) is 3.71. The standard InChI is InChI=1S/C20H21N3O3/c1-22(17-10-6-13-4-2-3-5-16(13)17)18-11-7-14(12-19(18)23(25)26)20(24)21-15-8-9-15/h2-5,7,11-12,15,17H,6,8-10H2,1H3,(H,21,24). The Balaban J connectivity index is 1.65. The first kappa shape index (κ1) is 16.6. The minimum Gasteiger partial charge on any atom is -0.362 e. The zero-order valence-electron chi connectivity index (χ0n) is 14.6. The predicted octanol–water partition coefficient (Wildman–Crippen LogP) is 3.61. The number of aryl methyl sites for hydroxylation is 1. The smallest absolute Gasteiger partial charge is 0.293 e. The molecule has 1 fully saturated rings. The van der Waals surface area contributed by atoms with Crippen LogP contribution in [0.2, 0.25) is 0 Å². The second-order valence-corrected chi connectivity index (χ2v) is 7.07. The SMILES string of the molecule is CN(c1ccc(C(=O)NC2CC2)cc1[N+](=O)[O-])C1CCc2ccccc21. The summed E-state index contributed by atoms with van der Waals surface area (Å²) in [6.45, 7) is 0. The maximum atomic E-state index is 12.2. The second kappa shape index (κ2) is 6.44. The van der Waals surface area contributed by atoms with E-state index in [2.05, 4.69) is 17.4 Å². The van der Waals surface area contributed by atoms with E-state index >= 15 is 0 Å². The Morgan fingerprint density at radius 1 is 1.19 bits per heavy atom. The van der Waals surface area contributed by atoms with E-state index in [-0.39, 0.29) is 23.7 Å². The number of fused-ring (bicyclic) bond motifs is 1. The number of rotatable bonds is 5. The minimum atomic E-state index is -0.402. The molecule has 6 heteroatoms. The van der Waals surface area contributed by atoms with Gasteiger partial charge >= 0.3 is 0 Å². The quantitative estimate of drug-likeness (QED) is 0.659. The van der Waals surface area contributed by atoms with Crippen molar-refractivity contribution in [1.29, 1.82) is 0 Å². The highest BCUT2D eigenvalue weighted by atomic mass is 16.6. The lowest BCUT2D eigenvalue weighted by Gasteiger charge is -2.27. The number of carbonyl (C=O) groups is 1. The number of carbonyl (C=O) groups excluding carboxylic acids is 1. The van der Waals surface area contributed by atoms with Crippen molar-refractivity contribution in [2.45, 2.75) is 37.8 Å². The number of benzene rings is 2. The summed E-state index contributed by atoms with van der Waals surface area (Å²) in [6, 6.07) is 13.3. The van der Waals surface area contributed by atoms with E-state index in [0.29, 0.717) is 11.3 Å². The molecular weight excluding hydrogens is 330 g/mol. The van der Waals surface area contributed by atoms with Crippen LogP contribution in [0, 0.1) is 10.1 Å². The van der Waals surface area contributed by atoms with Crippen LogP contribution in [-0.4, -0.2) is 23.9 Å². The summed E-state index contributed by atoms with van der Waals surface area (Å²) in [4.78, 5) is 25.4. The van der Waals surface area contributed by atoms with E-state index in [0.717, 1.165) is 25.7 Å². The molecule has 1 amide bonds. The summed E-state index contributed by atoms with van der Waals surface area (Å²) in [5, 5.41) is 14.5. The number of nitro benzene ring substituents is 1. The molecule has 0 radical (unpaired) electrons. The average Bonchev–Trinajstić information content (AvgIpc) is 3.36. The summed E-state index contributed by atoms with van der Waals surface area (Å²) in [5.41, 5.74) is 3.37. The Hall–Kier alpha value is -2.89. The van der Waals surface area contributed by atoms with Crippen LogP contribution in [-0.2, 0) is 6.42 Å².